The summed E-state index contributed by atoms with van der Waals surface area (Å²) < 4.78 is 6.38. The zero-order valence-electron chi connectivity index (χ0n) is 12.5. The highest BCUT2D eigenvalue weighted by molar-refractivity contribution is 5.73. The van der Waals surface area contributed by atoms with Crippen molar-refractivity contribution < 1.29 is 25.3 Å². The van der Waals surface area contributed by atoms with Crippen LogP contribution >= 0.6 is 0 Å². The van der Waals surface area contributed by atoms with E-state index in [0.717, 1.165) is 4.57 Å². The molecule has 0 radical (unpaired) electrons. The number of aromatic nitrogens is 2. The highest BCUT2D eigenvalue weighted by atomic mass is 16.6. The van der Waals surface area contributed by atoms with Crippen molar-refractivity contribution in [3.63, 3.8) is 0 Å². The van der Waals surface area contributed by atoms with Crippen LogP contribution in [-0.4, -0.2) is 55.0 Å². The Labute approximate surface area is 136 Å². The van der Waals surface area contributed by atoms with Gasteiger partial charge in [0.2, 0.25) is 0 Å². The lowest BCUT2D eigenvalue weighted by molar-refractivity contribution is -0.0548. The summed E-state index contributed by atoms with van der Waals surface area (Å²) in [4.78, 5) is 15.9. The maximum absolute atomic E-state index is 12.2. The molecule has 1 aliphatic heterocycles. The fraction of sp³-hybridized carbons (Fsp3) is 0.333. The van der Waals surface area contributed by atoms with Crippen LogP contribution in [0.3, 0.4) is 0 Å². The fourth-order valence-electron chi connectivity index (χ4n) is 2.68. The Morgan fingerprint density at radius 2 is 1.92 bits per heavy atom. The number of benzene rings is 1. The van der Waals surface area contributed by atoms with Gasteiger partial charge in [-0.3, -0.25) is 15.3 Å². The SMILES string of the molecule is O=c1nc(NO)c(-c2ccccc2)cn1[C@@H]1O[C@H](CO)[C@@H](O)[C@H]1O. The average Bonchev–Trinajstić information content (AvgIpc) is 2.90. The number of nitrogens with zero attached hydrogens (tertiary/aromatic N) is 2. The summed E-state index contributed by atoms with van der Waals surface area (Å²) in [7, 11) is 0. The van der Waals surface area contributed by atoms with Crippen molar-refractivity contribution in [2.75, 3.05) is 12.1 Å². The second kappa shape index (κ2) is 6.67. The molecule has 1 aliphatic rings. The Morgan fingerprint density at radius 1 is 1.21 bits per heavy atom. The van der Waals surface area contributed by atoms with E-state index in [4.69, 9.17) is 9.84 Å². The quantitative estimate of drug-likeness (QED) is 0.464. The van der Waals surface area contributed by atoms with Crippen molar-refractivity contribution in [1.82, 2.24) is 9.55 Å². The molecule has 1 saturated heterocycles. The molecule has 9 nitrogen and oxygen atoms in total. The smallest absolute Gasteiger partial charge is 0.351 e. The van der Waals surface area contributed by atoms with E-state index >= 15 is 0 Å². The van der Waals surface area contributed by atoms with E-state index in [1.165, 1.54) is 6.20 Å². The lowest BCUT2D eigenvalue weighted by Crippen LogP contribution is -2.36. The van der Waals surface area contributed by atoms with E-state index in [1.807, 2.05) is 11.5 Å². The molecule has 1 fully saturated rings. The number of nitrogens with one attached hydrogen (secondary N) is 1. The topological polar surface area (TPSA) is 137 Å². The Balaban J connectivity index is 2.08. The molecule has 9 heteroatoms. The first-order valence-electron chi connectivity index (χ1n) is 7.28. The van der Waals surface area contributed by atoms with E-state index in [2.05, 4.69) is 4.98 Å². The number of rotatable bonds is 4. The number of hydrogen-bond donors (Lipinski definition) is 5. The van der Waals surface area contributed by atoms with Gasteiger partial charge in [-0.1, -0.05) is 30.3 Å². The van der Waals surface area contributed by atoms with Gasteiger partial charge in [0, 0.05) is 11.8 Å². The van der Waals surface area contributed by atoms with Gasteiger partial charge >= 0.3 is 5.69 Å². The first-order chi connectivity index (χ1) is 11.6. The normalized spacial score (nSPS) is 26.5. The van der Waals surface area contributed by atoms with Gasteiger partial charge in [-0.25, -0.2) is 4.79 Å². The maximum Gasteiger partial charge on any atom is 0.351 e. The third-order valence-corrected chi connectivity index (χ3v) is 3.93. The number of aliphatic hydroxyl groups excluding tert-OH is 3. The highest BCUT2D eigenvalue weighted by Crippen LogP contribution is 2.31. The number of anilines is 1. The molecule has 0 amide bonds. The highest BCUT2D eigenvalue weighted by Gasteiger charge is 2.44. The molecular formula is C15H17N3O6. The van der Waals surface area contributed by atoms with E-state index in [9.17, 15) is 20.2 Å². The van der Waals surface area contributed by atoms with Crippen molar-refractivity contribution in [3.8, 4) is 11.1 Å². The van der Waals surface area contributed by atoms with Gasteiger partial charge in [0.25, 0.3) is 0 Å². The van der Waals surface area contributed by atoms with Crippen LogP contribution in [0, 0.1) is 0 Å². The summed E-state index contributed by atoms with van der Waals surface area (Å²) in [5.41, 5.74) is 2.15. The summed E-state index contributed by atoms with van der Waals surface area (Å²) >= 11 is 0. The number of hydrogen-bond acceptors (Lipinski definition) is 8. The average molecular weight is 335 g/mol. The summed E-state index contributed by atoms with van der Waals surface area (Å²) in [6.45, 7) is -0.501. The van der Waals surface area contributed by atoms with Crippen molar-refractivity contribution >= 4 is 5.82 Å². The molecule has 128 valence electrons. The Kier molecular flexibility index (Phi) is 4.60. The predicted molar refractivity (Wildman–Crippen MR) is 82.4 cm³/mol. The van der Waals surface area contributed by atoms with Gasteiger partial charge in [-0.2, -0.15) is 4.98 Å². The van der Waals surface area contributed by atoms with Gasteiger partial charge in [-0.05, 0) is 5.56 Å². The maximum atomic E-state index is 12.2. The zero-order chi connectivity index (χ0) is 17.3. The lowest BCUT2D eigenvalue weighted by Gasteiger charge is -2.19. The largest absolute Gasteiger partial charge is 0.394 e. The van der Waals surface area contributed by atoms with Gasteiger partial charge in [-0.15, -0.1) is 0 Å². The first kappa shape index (κ1) is 16.6. The Bertz CT molecular complexity index is 766. The molecule has 5 N–H and O–H groups in total. The van der Waals surface area contributed by atoms with E-state index in [1.54, 1.807) is 24.3 Å². The molecule has 1 aromatic heterocycles. The summed E-state index contributed by atoms with van der Waals surface area (Å²) in [5, 5.41) is 38.3. The van der Waals surface area contributed by atoms with Crippen LogP contribution in [-0.2, 0) is 4.74 Å². The summed E-state index contributed by atoms with van der Waals surface area (Å²) in [6, 6.07) is 8.87. The number of aliphatic hydroxyl groups is 3. The molecule has 0 aliphatic carbocycles. The molecule has 0 unspecified atom stereocenters. The Hall–Kier alpha value is -2.30. The standard InChI is InChI=1S/C15H17N3O6/c19-7-10-11(20)12(21)14(24-10)18-6-9(8-4-2-1-3-5-8)13(17-23)16-15(18)22/h1-6,10-12,14,19-21,23H,7H2,(H,16,17,22)/t10-,11-,12-,14-/m1/s1. The molecular weight excluding hydrogens is 318 g/mol. The van der Waals surface area contributed by atoms with Crippen LogP contribution < -0.4 is 11.2 Å². The lowest BCUT2D eigenvalue weighted by atomic mass is 10.1. The molecule has 0 spiro atoms. The molecule has 24 heavy (non-hydrogen) atoms. The third kappa shape index (κ3) is 2.79. The van der Waals surface area contributed by atoms with Crippen molar-refractivity contribution in [2.24, 2.45) is 0 Å². The minimum absolute atomic E-state index is 0.0470. The molecule has 1 aromatic carbocycles. The van der Waals surface area contributed by atoms with Crippen LogP contribution in [0.5, 0.6) is 0 Å². The van der Waals surface area contributed by atoms with Gasteiger partial charge in [0.05, 0.1) is 6.61 Å². The van der Waals surface area contributed by atoms with Crippen molar-refractivity contribution in [3.05, 3.63) is 47.0 Å². The minimum Gasteiger partial charge on any atom is -0.394 e. The van der Waals surface area contributed by atoms with Crippen LogP contribution in [0.2, 0.25) is 0 Å². The zero-order valence-corrected chi connectivity index (χ0v) is 12.5. The summed E-state index contributed by atoms with van der Waals surface area (Å²) in [5.74, 6) is -0.0470. The van der Waals surface area contributed by atoms with Gasteiger partial charge in [0.15, 0.2) is 12.0 Å². The van der Waals surface area contributed by atoms with E-state index in [0.29, 0.717) is 11.1 Å². The second-order valence-electron chi connectivity index (χ2n) is 5.40. The van der Waals surface area contributed by atoms with Crippen molar-refractivity contribution in [1.29, 1.82) is 0 Å². The monoisotopic (exact) mass is 335 g/mol. The summed E-state index contributed by atoms with van der Waals surface area (Å²) in [6.07, 6.45) is -3.58. The second-order valence-corrected chi connectivity index (χ2v) is 5.40. The Morgan fingerprint density at radius 3 is 2.50 bits per heavy atom. The fourth-order valence-corrected chi connectivity index (χ4v) is 2.68. The molecule has 4 atom stereocenters. The van der Waals surface area contributed by atoms with Crippen LogP contribution in [0.25, 0.3) is 11.1 Å². The molecule has 0 saturated carbocycles. The molecule has 2 aromatic rings. The van der Waals surface area contributed by atoms with Gasteiger partial charge in [0.1, 0.15) is 18.3 Å². The predicted octanol–water partition coefficient (Wildman–Crippen LogP) is -0.677. The van der Waals surface area contributed by atoms with Gasteiger partial charge < -0.3 is 20.1 Å². The van der Waals surface area contributed by atoms with Crippen LogP contribution in [0.1, 0.15) is 6.23 Å². The third-order valence-electron chi connectivity index (χ3n) is 3.93. The van der Waals surface area contributed by atoms with E-state index < -0.39 is 36.8 Å². The molecule has 2 heterocycles. The van der Waals surface area contributed by atoms with Crippen LogP contribution in [0.4, 0.5) is 5.82 Å². The van der Waals surface area contributed by atoms with E-state index in [-0.39, 0.29) is 5.82 Å². The van der Waals surface area contributed by atoms with Crippen molar-refractivity contribution in [2.45, 2.75) is 24.5 Å². The molecule has 0 bridgehead atoms. The number of ether oxygens (including phenoxy) is 1. The molecule has 3 rings (SSSR count). The first-order valence-corrected chi connectivity index (χ1v) is 7.28. The minimum atomic E-state index is -1.40. The van der Waals surface area contributed by atoms with Crippen LogP contribution in [0.15, 0.2) is 41.3 Å².